The number of rotatable bonds is 4. The van der Waals surface area contributed by atoms with Crippen LogP contribution in [-0.2, 0) is 16.1 Å². The summed E-state index contributed by atoms with van der Waals surface area (Å²) in [6.07, 6.45) is 1.39. The van der Waals surface area contributed by atoms with E-state index in [1.165, 1.54) is 0 Å². The highest BCUT2D eigenvalue weighted by Gasteiger charge is 2.57. The molecular formula is C15H24N4O3. The zero-order chi connectivity index (χ0) is 16.5. The molecule has 1 aliphatic rings. The lowest BCUT2D eigenvalue weighted by Gasteiger charge is -2.39. The van der Waals surface area contributed by atoms with Crippen LogP contribution in [0.4, 0.5) is 0 Å². The van der Waals surface area contributed by atoms with Crippen molar-refractivity contribution < 1.29 is 14.2 Å². The first-order chi connectivity index (χ1) is 10.2. The van der Waals surface area contributed by atoms with E-state index in [0.717, 1.165) is 0 Å². The Bertz CT molecular complexity index is 581. The minimum atomic E-state index is -0.602. The molecule has 0 radical (unpaired) electrons. The number of hydrogen-bond donors (Lipinski definition) is 2. The van der Waals surface area contributed by atoms with Crippen LogP contribution in [-0.4, -0.2) is 29.2 Å². The van der Waals surface area contributed by atoms with Crippen LogP contribution in [0.3, 0.4) is 0 Å². The van der Waals surface area contributed by atoms with E-state index in [9.17, 15) is 9.59 Å². The van der Waals surface area contributed by atoms with Crippen LogP contribution in [0, 0.1) is 23.7 Å². The van der Waals surface area contributed by atoms with Gasteiger partial charge in [-0.25, -0.2) is 4.63 Å². The molecule has 1 aliphatic carbocycles. The van der Waals surface area contributed by atoms with Gasteiger partial charge in [-0.2, -0.15) is 0 Å². The van der Waals surface area contributed by atoms with Crippen molar-refractivity contribution >= 4 is 11.8 Å². The second kappa shape index (κ2) is 5.70. The van der Waals surface area contributed by atoms with Gasteiger partial charge in [-0.3, -0.25) is 9.59 Å². The van der Waals surface area contributed by atoms with Crippen LogP contribution in [0.1, 0.15) is 45.0 Å². The molecule has 1 aromatic heterocycles. The van der Waals surface area contributed by atoms with Crippen molar-refractivity contribution in [3.8, 4) is 0 Å². The lowest BCUT2D eigenvalue weighted by molar-refractivity contribution is -0.138. The molecule has 0 spiro atoms. The summed E-state index contributed by atoms with van der Waals surface area (Å²) in [6, 6.07) is 0. The Hall–Kier alpha value is -1.92. The Labute approximate surface area is 130 Å². The molecule has 1 saturated carbocycles. The van der Waals surface area contributed by atoms with Crippen molar-refractivity contribution in [2.75, 3.05) is 7.05 Å². The Balaban J connectivity index is 2.11. The third-order valence-corrected chi connectivity index (χ3v) is 5.45. The highest BCUT2D eigenvalue weighted by atomic mass is 16.6. The third kappa shape index (κ3) is 2.48. The van der Waals surface area contributed by atoms with Gasteiger partial charge in [0.15, 0.2) is 0 Å². The van der Waals surface area contributed by atoms with E-state index < -0.39 is 10.8 Å². The topological polar surface area (TPSA) is 97.1 Å². The minimum absolute atomic E-state index is 0.00179. The van der Waals surface area contributed by atoms with Gasteiger partial charge in [-0.1, -0.05) is 31.1 Å². The first kappa shape index (κ1) is 16.5. The summed E-state index contributed by atoms with van der Waals surface area (Å²) >= 11 is 0. The van der Waals surface area contributed by atoms with Crippen molar-refractivity contribution in [1.29, 1.82) is 0 Å². The predicted octanol–water partition coefficient (Wildman–Crippen LogP) is 1.18. The molecule has 2 N–H and O–H groups in total. The standard InChI is InChI=1S/C15H24N4O3/c1-9-11(19-22-18-9)8-17-13(21)15(4)7-6-10(12(20)16-5)14(15,2)3/h10H,6-8H2,1-5H3,(H,16,20)(H,17,21)/t10-,15+/m1/s1. The smallest absolute Gasteiger partial charge is 0.226 e. The van der Waals surface area contributed by atoms with E-state index in [2.05, 4.69) is 25.6 Å². The fourth-order valence-electron chi connectivity index (χ4n) is 3.31. The predicted molar refractivity (Wildman–Crippen MR) is 79.6 cm³/mol. The van der Waals surface area contributed by atoms with Crippen molar-refractivity contribution in [1.82, 2.24) is 20.9 Å². The molecule has 22 heavy (non-hydrogen) atoms. The maximum absolute atomic E-state index is 12.7. The van der Waals surface area contributed by atoms with Gasteiger partial charge in [0.1, 0.15) is 11.4 Å². The molecule has 2 atom stereocenters. The molecule has 0 unspecified atom stereocenters. The Kier molecular flexibility index (Phi) is 4.26. The summed E-state index contributed by atoms with van der Waals surface area (Å²) in [5, 5.41) is 13.1. The first-order valence-electron chi connectivity index (χ1n) is 7.52. The molecule has 2 rings (SSSR count). The maximum Gasteiger partial charge on any atom is 0.226 e. The summed E-state index contributed by atoms with van der Waals surface area (Å²) in [7, 11) is 1.63. The van der Waals surface area contributed by atoms with Crippen molar-refractivity contribution in [2.45, 2.75) is 47.1 Å². The molecule has 0 aliphatic heterocycles. The number of carbonyl (C=O) groups is 2. The number of aromatic nitrogens is 2. The number of hydrogen-bond acceptors (Lipinski definition) is 5. The second-order valence-corrected chi connectivity index (χ2v) is 6.74. The van der Waals surface area contributed by atoms with E-state index in [1.807, 2.05) is 20.8 Å². The fraction of sp³-hybridized carbons (Fsp3) is 0.733. The number of aryl methyl sites for hydroxylation is 1. The van der Waals surface area contributed by atoms with Crippen LogP contribution >= 0.6 is 0 Å². The normalized spacial score (nSPS) is 26.7. The van der Waals surface area contributed by atoms with Crippen LogP contribution < -0.4 is 10.6 Å². The second-order valence-electron chi connectivity index (χ2n) is 6.74. The summed E-state index contributed by atoms with van der Waals surface area (Å²) in [6.45, 7) is 7.97. The summed E-state index contributed by atoms with van der Waals surface area (Å²) in [4.78, 5) is 24.8. The molecule has 0 aromatic carbocycles. The van der Waals surface area contributed by atoms with Gasteiger partial charge < -0.3 is 10.6 Å². The van der Waals surface area contributed by atoms with Crippen molar-refractivity contribution in [3.63, 3.8) is 0 Å². The molecule has 7 heteroatoms. The summed E-state index contributed by atoms with van der Waals surface area (Å²) in [5.74, 6) is -0.229. The van der Waals surface area contributed by atoms with Gasteiger partial charge in [-0.05, 0) is 25.2 Å². The molecule has 2 amide bonds. The molecule has 1 aromatic rings. The van der Waals surface area contributed by atoms with Crippen LogP contribution in [0.2, 0.25) is 0 Å². The lowest BCUT2D eigenvalue weighted by atomic mass is 9.65. The Morgan fingerprint density at radius 2 is 2.00 bits per heavy atom. The molecular weight excluding hydrogens is 284 g/mol. The maximum atomic E-state index is 12.7. The van der Waals surface area contributed by atoms with Crippen LogP contribution in [0.25, 0.3) is 0 Å². The monoisotopic (exact) mass is 308 g/mol. The van der Waals surface area contributed by atoms with Crippen LogP contribution in [0.15, 0.2) is 4.63 Å². The minimum Gasteiger partial charge on any atom is -0.359 e. The van der Waals surface area contributed by atoms with Gasteiger partial charge in [0.2, 0.25) is 11.8 Å². The van der Waals surface area contributed by atoms with Crippen molar-refractivity contribution in [2.24, 2.45) is 16.7 Å². The fourth-order valence-corrected chi connectivity index (χ4v) is 3.31. The van der Waals surface area contributed by atoms with E-state index in [4.69, 9.17) is 0 Å². The molecule has 1 heterocycles. The van der Waals surface area contributed by atoms with E-state index in [1.54, 1.807) is 14.0 Å². The quantitative estimate of drug-likeness (QED) is 0.870. The highest BCUT2D eigenvalue weighted by molar-refractivity contribution is 5.87. The molecule has 0 bridgehead atoms. The number of nitrogens with zero attached hydrogens (tertiary/aromatic N) is 2. The highest BCUT2D eigenvalue weighted by Crippen LogP contribution is 2.56. The molecule has 1 fully saturated rings. The van der Waals surface area contributed by atoms with Crippen molar-refractivity contribution in [3.05, 3.63) is 11.4 Å². The van der Waals surface area contributed by atoms with Crippen LogP contribution in [0.5, 0.6) is 0 Å². The van der Waals surface area contributed by atoms with Gasteiger partial charge in [0, 0.05) is 13.0 Å². The number of nitrogens with one attached hydrogen (secondary N) is 2. The van der Waals surface area contributed by atoms with Gasteiger partial charge in [0.25, 0.3) is 0 Å². The average molecular weight is 308 g/mol. The van der Waals surface area contributed by atoms with Gasteiger partial charge in [-0.15, -0.1) is 0 Å². The largest absolute Gasteiger partial charge is 0.359 e. The Morgan fingerprint density at radius 3 is 2.55 bits per heavy atom. The summed E-state index contributed by atoms with van der Waals surface area (Å²) in [5.41, 5.74) is 0.263. The Morgan fingerprint density at radius 1 is 1.32 bits per heavy atom. The van der Waals surface area contributed by atoms with E-state index in [-0.39, 0.29) is 24.3 Å². The number of amides is 2. The first-order valence-corrected chi connectivity index (χ1v) is 7.52. The average Bonchev–Trinajstić information content (AvgIpc) is 2.98. The third-order valence-electron chi connectivity index (χ3n) is 5.45. The zero-order valence-corrected chi connectivity index (χ0v) is 13.8. The summed E-state index contributed by atoms with van der Waals surface area (Å²) < 4.78 is 4.63. The van der Waals surface area contributed by atoms with E-state index in [0.29, 0.717) is 24.2 Å². The van der Waals surface area contributed by atoms with Gasteiger partial charge in [0.05, 0.1) is 12.0 Å². The SMILES string of the molecule is CNC(=O)[C@H]1CC[C@@](C)(C(=O)NCc2nonc2C)C1(C)C. The zero-order valence-electron chi connectivity index (χ0n) is 13.8. The number of carbonyl (C=O) groups excluding carboxylic acids is 2. The van der Waals surface area contributed by atoms with E-state index >= 15 is 0 Å². The molecule has 122 valence electrons. The van der Waals surface area contributed by atoms with Gasteiger partial charge >= 0.3 is 0 Å². The molecule has 7 nitrogen and oxygen atoms in total. The lowest BCUT2D eigenvalue weighted by Crippen LogP contribution is -2.49. The molecule has 0 saturated heterocycles.